The van der Waals surface area contributed by atoms with Gasteiger partial charge in [-0.1, -0.05) is 47.5 Å². The number of nitriles is 1. The molecule has 1 heterocycles. The molecule has 0 bridgehead atoms. The molecule has 6 heteroatoms. The van der Waals surface area contributed by atoms with Crippen molar-refractivity contribution in [1.82, 2.24) is 4.98 Å². The van der Waals surface area contributed by atoms with Crippen molar-refractivity contribution in [2.45, 2.75) is 0 Å². The Kier molecular flexibility index (Phi) is 4.99. The Bertz CT molecular complexity index is 962. The minimum absolute atomic E-state index is 0.0367. The first kappa shape index (κ1) is 17.0. The predicted octanol–water partition coefficient (Wildman–Crippen LogP) is 5.15. The highest BCUT2D eigenvalue weighted by atomic mass is 35.5. The summed E-state index contributed by atoms with van der Waals surface area (Å²) in [5.74, 6) is -0.320. The van der Waals surface area contributed by atoms with Crippen LogP contribution in [0.15, 0.2) is 60.7 Å². The molecule has 25 heavy (non-hydrogen) atoms. The summed E-state index contributed by atoms with van der Waals surface area (Å²) >= 11 is 11.7. The first-order valence-electron chi connectivity index (χ1n) is 7.21. The van der Waals surface area contributed by atoms with Gasteiger partial charge in [0.2, 0.25) is 0 Å². The first-order chi connectivity index (χ1) is 12.1. The second-order valence-corrected chi connectivity index (χ2v) is 5.86. The van der Waals surface area contributed by atoms with Gasteiger partial charge in [-0.25, -0.2) is 9.78 Å². The van der Waals surface area contributed by atoms with Gasteiger partial charge in [-0.05, 0) is 47.5 Å². The van der Waals surface area contributed by atoms with E-state index in [4.69, 9.17) is 33.2 Å². The van der Waals surface area contributed by atoms with Crippen molar-refractivity contribution in [3.63, 3.8) is 0 Å². The van der Waals surface area contributed by atoms with Crippen molar-refractivity contribution in [2.75, 3.05) is 0 Å². The number of carbonyl (C=O) groups is 1. The molecule has 3 rings (SSSR count). The Hall–Kier alpha value is -2.87. The molecule has 0 atom stereocenters. The third kappa shape index (κ3) is 3.97. The van der Waals surface area contributed by atoms with Gasteiger partial charge in [-0.2, -0.15) is 5.26 Å². The van der Waals surface area contributed by atoms with Crippen molar-refractivity contribution in [3.8, 4) is 22.9 Å². The molecule has 1 aromatic heterocycles. The van der Waals surface area contributed by atoms with E-state index in [0.29, 0.717) is 11.3 Å². The second-order valence-electron chi connectivity index (χ2n) is 5.07. The molecule has 0 amide bonds. The van der Waals surface area contributed by atoms with Crippen molar-refractivity contribution in [3.05, 3.63) is 82.1 Å². The molecule has 0 fully saturated rings. The Morgan fingerprint density at radius 1 is 0.920 bits per heavy atom. The third-order valence-electron chi connectivity index (χ3n) is 3.42. The van der Waals surface area contributed by atoms with Gasteiger partial charge >= 0.3 is 5.97 Å². The smallest absolute Gasteiger partial charge is 0.363 e. The average molecular weight is 369 g/mol. The highest BCUT2D eigenvalue weighted by Gasteiger charge is 2.15. The van der Waals surface area contributed by atoms with E-state index >= 15 is 0 Å². The summed E-state index contributed by atoms with van der Waals surface area (Å²) in [5, 5.41) is 9.16. The van der Waals surface area contributed by atoms with Crippen LogP contribution in [0.3, 0.4) is 0 Å². The molecule has 2 aromatic carbocycles. The largest absolute Gasteiger partial charge is 0.422 e. The second kappa shape index (κ2) is 7.35. The number of nitrogens with zero attached hydrogens (tertiary/aromatic N) is 2. The number of ether oxygens (including phenoxy) is 1. The Labute approximate surface area is 154 Å². The van der Waals surface area contributed by atoms with Crippen LogP contribution in [0.5, 0.6) is 5.75 Å². The first-order valence-corrected chi connectivity index (χ1v) is 7.97. The molecule has 0 spiro atoms. The van der Waals surface area contributed by atoms with E-state index < -0.39 is 5.97 Å². The van der Waals surface area contributed by atoms with Gasteiger partial charge < -0.3 is 4.74 Å². The summed E-state index contributed by atoms with van der Waals surface area (Å²) in [6.07, 6.45) is 0. The number of carbonyl (C=O) groups excluding carboxylic acids is 1. The number of esters is 1. The van der Waals surface area contributed by atoms with Gasteiger partial charge in [0.15, 0.2) is 5.69 Å². The number of halogens is 2. The standard InChI is InChI=1S/C19H10Cl2N2O2/c20-16-9-10-17(21)23-18(16)19(24)25-15-7-5-14(6-8-15)13-3-1-12(11-22)2-4-13/h1-10H. The van der Waals surface area contributed by atoms with Crippen molar-refractivity contribution < 1.29 is 9.53 Å². The van der Waals surface area contributed by atoms with Crippen LogP contribution < -0.4 is 4.74 Å². The van der Waals surface area contributed by atoms with E-state index in [-0.39, 0.29) is 15.9 Å². The molecule has 0 aliphatic heterocycles. The van der Waals surface area contributed by atoms with Crippen molar-refractivity contribution >= 4 is 29.2 Å². The monoisotopic (exact) mass is 368 g/mol. The van der Waals surface area contributed by atoms with Crippen LogP contribution in [0.1, 0.15) is 16.1 Å². The van der Waals surface area contributed by atoms with Crippen LogP contribution in [0.2, 0.25) is 10.2 Å². The van der Waals surface area contributed by atoms with Gasteiger partial charge in [0.25, 0.3) is 0 Å². The fourth-order valence-electron chi connectivity index (χ4n) is 2.17. The van der Waals surface area contributed by atoms with Crippen molar-refractivity contribution in [2.24, 2.45) is 0 Å². The molecule has 0 N–H and O–H groups in total. The van der Waals surface area contributed by atoms with E-state index in [1.54, 1.807) is 24.3 Å². The number of benzene rings is 2. The zero-order valence-electron chi connectivity index (χ0n) is 12.7. The van der Waals surface area contributed by atoms with Gasteiger partial charge in [0.1, 0.15) is 10.9 Å². The van der Waals surface area contributed by atoms with E-state index in [9.17, 15) is 4.79 Å². The molecule has 0 unspecified atom stereocenters. The molecular weight excluding hydrogens is 359 g/mol. The summed E-state index contributed by atoms with van der Waals surface area (Å²) in [6.45, 7) is 0. The Morgan fingerprint density at radius 2 is 1.52 bits per heavy atom. The third-order valence-corrected chi connectivity index (χ3v) is 3.93. The topological polar surface area (TPSA) is 63.0 Å². The maximum atomic E-state index is 12.2. The quantitative estimate of drug-likeness (QED) is 0.364. The fraction of sp³-hybridized carbons (Fsp3) is 0. The summed E-state index contributed by atoms with van der Waals surface area (Å²) in [7, 11) is 0. The number of rotatable bonds is 3. The summed E-state index contributed by atoms with van der Waals surface area (Å²) in [5.41, 5.74) is 2.45. The van der Waals surface area contributed by atoms with Gasteiger partial charge in [0.05, 0.1) is 16.7 Å². The summed E-state index contributed by atoms with van der Waals surface area (Å²) < 4.78 is 5.28. The predicted molar refractivity (Wildman–Crippen MR) is 95.8 cm³/mol. The van der Waals surface area contributed by atoms with Crippen LogP contribution in [-0.4, -0.2) is 11.0 Å². The number of pyridine rings is 1. The molecule has 4 nitrogen and oxygen atoms in total. The van der Waals surface area contributed by atoms with Crippen LogP contribution in [0.25, 0.3) is 11.1 Å². The number of hydrogen-bond acceptors (Lipinski definition) is 4. The van der Waals surface area contributed by atoms with E-state index in [2.05, 4.69) is 11.1 Å². The maximum Gasteiger partial charge on any atom is 0.363 e. The molecule has 0 radical (unpaired) electrons. The summed E-state index contributed by atoms with van der Waals surface area (Å²) in [6, 6.07) is 19.2. The normalized spacial score (nSPS) is 10.1. The van der Waals surface area contributed by atoms with Gasteiger partial charge in [-0.3, -0.25) is 0 Å². The van der Waals surface area contributed by atoms with E-state index in [0.717, 1.165) is 11.1 Å². The SMILES string of the molecule is N#Cc1ccc(-c2ccc(OC(=O)c3nc(Cl)ccc3Cl)cc2)cc1. The lowest BCUT2D eigenvalue weighted by Crippen LogP contribution is -2.11. The van der Waals surface area contributed by atoms with E-state index in [1.165, 1.54) is 12.1 Å². The average Bonchev–Trinajstić information content (AvgIpc) is 2.64. The minimum Gasteiger partial charge on any atom is -0.422 e. The lowest BCUT2D eigenvalue weighted by Gasteiger charge is -2.07. The summed E-state index contributed by atoms with van der Waals surface area (Å²) in [4.78, 5) is 16.0. The fourth-order valence-corrected chi connectivity index (χ4v) is 2.50. The maximum absolute atomic E-state index is 12.2. The highest BCUT2D eigenvalue weighted by molar-refractivity contribution is 6.34. The molecule has 0 aliphatic carbocycles. The molecule has 0 aliphatic rings. The van der Waals surface area contributed by atoms with Crippen LogP contribution in [0, 0.1) is 11.3 Å². The number of aromatic nitrogens is 1. The minimum atomic E-state index is -0.682. The molecule has 0 saturated carbocycles. The Morgan fingerprint density at radius 3 is 2.12 bits per heavy atom. The lowest BCUT2D eigenvalue weighted by atomic mass is 10.0. The van der Waals surface area contributed by atoms with Crippen molar-refractivity contribution in [1.29, 1.82) is 5.26 Å². The van der Waals surface area contributed by atoms with Gasteiger partial charge in [0, 0.05) is 0 Å². The highest BCUT2D eigenvalue weighted by Crippen LogP contribution is 2.24. The molecule has 0 saturated heterocycles. The zero-order chi connectivity index (χ0) is 17.8. The van der Waals surface area contributed by atoms with Crippen LogP contribution in [-0.2, 0) is 0 Å². The number of hydrogen-bond donors (Lipinski definition) is 0. The Balaban J connectivity index is 1.77. The van der Waals surface area contributed by atoms with E-state index in [1.807, 2.05) is 24.3 Å². The van der Waals surface area contributed by atoms with Crippen LogP contribution >= 0.6 is 23.2 Å². The van der Waals surface area contributed by atoms with Crippen LogP contribution in [0.4, 0.5) is 0 Å². The molecule has 3 aromatic rings. The zero-order valence-corrected chi connectivity index (χ0v) is 14.3. The van der Waals surface area contributed by atoms with Gasteiger partial charge in [-0.15, -0.1) is 0 Å². The molecular formula is C19H10Cl2N2O2. The lowest BCUT2D eigenvalue weighted by molar-refractivity contribution is 0.0729. The molecule has 122 valence electrons.